The monoisotopic (exact) mass is 316 g/mol. The fourth-order valence-electron chi connectivity index (χ4n) is 7.63. The van der Waals surface area contributed by atoms with Crippen LogP contribution in [-0.2, 0) is 0 Å². The van der Waals surface area contributed by atoms with Crippen LogP contribution in [-0.4, -0.2) is 48.1 Å². The Morgan fingerprint density at radius 1 is 0.652 bits per heavy atom. The van der Waals surface area contributed by atoms with Crippen LogP contribution in [0.3, 0.4) is 0 Å². The van der Waals surface area contributed by atoms with E-state index in [1.807, 2.05) is 0 Å². The molecule has 0 amide bonds. The normalized spacial score (nSPS) is 51.3. The molecule has 0 N–H and O–H groups in total. The molecule has 23 heavy (non-hydrogen) atoms. The molecule has 5 saturated carbocycles. The van der Waals surface area contributed by atoms with E-state index in [0.717, 1.165) is 41.7 Å². The maximum Gasteiger partial charge on any atom is 0.0153 e. The van der Waals surface area contributed by atoms with Gasteiger partial charge in [0.05, 0.1) is 0 Å². The van der Waals surface area contributed by atoms with Gasteiger partial charge in [0.1, 0.15) is 0 Å². The molecule has 0 aromatic carbocycles. The van der Waals surface area contributed by atoms with Crippen molar-refractivity contribution in [2.45, 2.75) is 76.8 Å². The van der Waals surface area contributed by atoms with E-state index in [0.29, 0.717) is 0 Å². The zero-order valence-corrected chi connectivity index (χ0v) is 15.1. The standard InChI is InChI=1S/C21H36N2/c1-15-3-2-4-20(9-15)22-5-7-23(8-6-22)21-18-11-16-10-17(13-18)14-19(21)12-16/h15-21H,2-14H2,1H3. The average molecular weight is 317 g/mol. The number of hydrogen-bond donors (Lipinski definition) is 0. The Bertz CT molecular complexity index is 398. The molecule has 6 rings (SSSR count). The molecule has 1 heterocycles. The van der Waals surface area contributed by atoms with Crippen LogP contribution in [0.25, 0.3) is 0 Å². The highest BCUT2D eigenvalue weighted by atomic mass is 15.3. The van der Waals surface area contributed by atoms with Crippen molar-refractivity contribution in [1.29, 1.82) is 0 Å². The molecule has 5 aliphatic carbocycles. The molecule has 2 nitrogen and oxygen atoms in total. The van der Waals surface area contributed by atoms with Gasteiger partial charge < -0.3 is 0 Å². The third-order valence-electron chi connectivity index (χ3n) is 8.37. The summed E-state index contributed by atoms with van der Waals surface area (Å²) >= 11 is 0. The first-order valence-corrected chi connectivity index (χ1v) is 10.7. The van der Waals surface area contributed by atoms with Gasteiger partial charge in [0.2, 0.25) is 0 Å². The van der Waals surface area contributed by atoms with Gasteiger partial charge in [-0.2, -0.15) is 0 Å². The van der Waals surface area contributed by atoms with E-state index in [1.165, 1.54) is 51.9 Å². The van der Waals surface area contributed by atoms with E-state index < -0.39 is 0 Å². The summed E-state index contributed by atoms with van der Waals surface area (Å²) in [6, 6.07) is 1.90. The lowest BCUT2D eigenvalue weighted by atomic mass is 9.54. The first kappa shape index (κ1) is 15.2. The Morgan fingerprint density at radius 3 is 1.87 bits per heavy atom. The van der Waals surface area contributed by atoms with Gasteiger partial charge in [0.15, 0.2) is 0 Å². The fraction of sp³-hybridized carbons (Fsp3) is 1.00. The Labute approximate surface area is 143 Å². The topological polar surface area (TPSA) is 6.48 Å². The van der Waals surface area contributed by atoms with Crippen LogP contribution in [0.4, 0.5) is 0 Å². The van der Waals surface area contributed by atoms with E-state index in [2.05, 4.69) is 16.7 Å². The molecular formula is C21H36N2. The highest BCUT2D eigenvalue weighted by Crippen LogP contribution is 2.55. The summed E-state index contributed by atoms with van der Waals surface area (Å²) in [5.41, 5.74) is 0. The van der Waals surface area contributed by atoms with Crippen LogP contribution in [0.1, 0.15) is 64.7 Å². The molecular weight excluding hydrogens is 280 g/mol. The van der Waals surface area contributed by atoms with Crippen LogP contribution >= 0.6 is 0 Å². The lowest BCUT2D eigenvalue weighted by Gasteiger charge is -2.58. The Balaban J connectivity index is 1.20. The zero-order chi connectivity index (χ0) is 15.4. The number of hydrogen-bond acceptors (Lipinski definition) is 2. The van der Waals surface area contributed by atoms with Gasteiger partial charge in [-0.25, -0.2) is 0 Å². The molecule has 0 spiro atoms. The molecule has 1 saturated heterocycles. The highest BCUT2D eigenvalue weighted by molar-refractivity contribution is 5.03. The molecule has 130 valence electrons. The Morgan fingerprint density at radius 2 is 1.26 bits per heavy atom. The van der Waals surface area contributed by atoms with Crippen molar-refractivity contribution >= 4 is 0 Å². The number of rotatable bonds is 2. The Kier molecular flexibility index (Phi) is 3.98. The minimum atomic E-state index is 0.916. The van der Waals surface area contributed by atoms with Gasteiger partial charge in [-0.1, -0.05) is 19.8 Å². The SMILES string of the molecule is CC1CCCC(N2CCN(C3C4CC5CC(C4)CC3C5)CC2)C1. The fourth-order valence-corrected chi connectivity index (χ4v) is 7.63. The quantitative estimate of drug-likeness (QED) is 0.759. The van der Waals surface area contributed by atoms with Gasteiger partial charge in [0.25, 0.3) is 0 Å². The second-order valence-corrected chi connectivity index (χ2v) is 9.92. The second-order valence-electron chi connectivity index (χ2n) is 9.92. The zero-order valence-electron chi connectivity index (χ0n) is 15.1. The van der Waals surface area contributed by atoms with Crippen molar-refractivity contribution in [2.24, 2.45) is 29.6 Å². The smallest absolute Gasteiger partial charge is 0.0153 e. The first-order valence-electron chi connectivity index (χ1n) is 10.7. The summed E-state index contributed by atoms with van der Waals surface area (Å²) in [6.07, 6.45) is 13.8. The Hall–Kier alpha value is -0.0800. The second kappa shape index (κ2) is 6.02. The molecule has 2 atom stereocenters. The number of piperazine rings is 1. The molecule has 4 bridgehead atoms. The summed E-state index contributed by atoms with van der Waals surface area (Å²) in [5, 5.41) is 0. The molecule has 2 unspecified atom stereocenters. The third kappa shape index (κ3) is 2.78. The predicted molar refractivity (Wildman–Crippen MR) is 95.4 cm³/mol. The molecule has 6 fully saturated rings. The van der Waals surface area contributed by atoms with Crippen LogP contribution < -0.4 is 0 Å². The summed E-state index contributed by atoms with van der Waals surface area (Å²) in [7, 11) is 0. The lowest BCUT2D eigenvalue weighted by molar-refractivity contribution is -0.0804. The molecule has 6 aliphatic rings. The molecule has 2 heteroatoms. The van der Waals surface area contributed by atoms with Gasteiger partial charge in [-0.05, 0) is 74.5 Å². The van der Waals surface area contributed by atoms with Gasteiger partial charge in [-0.3, -0.25) is 9.80 Å². The van der Waals surface area contributed by atoms with Crippen LogP contribution in [0.5, 0.6) is 0 Å². The van der Waals surface area contributed by atoms with E-state index in [4.69, 9.17) is 0 Å². The molecule has 1 aliphatic heterocycles. The van der Waals surface area contributed by atoms with Crippen molar-refractivity contribution in [1.82, 2.24) is 9.80 Å². The summed E-state index contributed by atoms with van der Waals surface area (Å²) in [4.78, 5) is 5.82. The maximum atomic E-state index is 2.95. The first-order chi connectivity index (χ1) is 11.3. The summed E-state index contributed by atoms with van der Waals surface area (Å²) < 4.78 is 0. The van der Waals surface area contributed by atoms with Crippen molar-refractivity contribution in [2.75, 3.05) is 26.2 Å². The summed E-state index contributed by atoms with van der Waals surface area (Å²) in [5.74, 6) is 5.37. The molecule has 0 aromatic rings. The van der Waals surface area contributed by atoms with E-state index in [-0.39, 0.29) is 0 Å². The van der Waals surface area contributed by atoms with Gasteiger partial charge >= 0.3 is 0 Å². The van der Waals surface area contributed by atoms with Crippen LogP contribution in [0.15, 0.2) is 0 Å². The summed E-state index contributed by atoms with van der Waals surface area (Å²) in [6.45, 7) is 7.94. The van der Waals surface area contributed by atoms with Crippen LogP contribution in [0, 0.1) is 29.6 Å². The van der Waals surface area contributed by atoms with Gasteiger partial charge in [0, 0.05) is 38.3 Å². The van der Waals surface area contributed by atoms with Crippen molar-refractivity contribution in [3.8, 4) is 0 Å². The maximum absolute atomic E-state index is 2.95. The van der Waals surface area contributed by atoms with Gasteiger partial charge in [-0.15, -0.1) is 0 Å². The van der Waals surface area contributed by atoms with E-state index >= 15 is 0 Å². The molecule has 0 radical (unpaired) electrons. The van der Waals surface area contributed by atoms with E-state index in [1.54, 1.807) is 32.1 Å². The largest absolute Gasteiger partial charge is 0.298 e. The predicted octanol–water partition coefficient (Wildman–Crippen LogP) is 4.01. The van der Waals surface area contributed by atoms with Crippen molar-refractivity contribution in [3.63, 3.8) is 0 Å². The van der Waals surface area contributed by atoms with Crippen molar-refractivity contribution < 1.29 is 0 Å². The highest BCUT2D eigenvalue weighted by Gasteiger charge is 2.50. The average Bonchev–Trinajstić information content (AvgIpc) is 2.54. The minimum absolute atomic E-state index is 0.916. The minimum Gasteiger partial charge on any atom is -0.298 e. The lowest BCUT2D eigenvalue weighted by Crippen LogP contribution is -2.61. The third-order valence-corrected chi connectivity index (χ3v) is 8.37. The van der Waals surface area contributed by atoms with E-state index in [9.17, 15) is 0 Å². The van der Waals surface area contributed by atoms with Crippen LogP contribution in [0.2, 0.25) is 0 Å². The van der Waals surface area contributed by atoms with Crippen molar-refractivity contribution in [3.05, 3.63) is 0 Å². The molecule has 0 aromatic heterocycles. The number of nitrogens with zero attached hydrogens (tertiary/aromatic N) is 2.